The molecule has 0 bridgehead atoms. The second-order valence-corrected chi connectivity index (χ2v) is 2.13. The maximum atomic E-state index is 10.4. The Morgan fingerprint density at radius 3 is 2.27 bits per heavy atom. The molecule has 0 saturated carbocycles. The number of hydrogen-bond donors (Lipinski definition) is 1. The topological polar surface area (TPSA) is 43.1 Å². The van der Waals surface area contributed by atoms with Crippen molar-refractivity contribution >= 4 is 5.91 Å². The fraction of sp³-hybridized carbons (Fsp3) is 0.125. The average molecular weight is 191 g/mol. The molecule has 1 amide bonds. The van der Waals surface area contributed by atoms with Gasteiger partial charge in [-0.1, -0.05) is 30.3 Å². The predicted molar refractivity (Wildman–Crippen MR) is 39.3 cm³/mol. The maximum absolute atomic E-state index is 10.4. The van der Waals surface area contributed by atoms with Gasteiger partial charge in [0.2, 0.25) is 5.91 Å². The van der Waals surface area contributed by atoms with Gasteiger partial charge in [0.15, 0.2) is 0 Å². The third kappa shape index (κ3) is 3.81. The standard InChI is InChI=1S/C8H9NO.Fe/c9-8(10)6-7-4-2-1-3-5-7;/h1-5H,6H2,(H2,9,10);. The van der Waals surface area contributed by atoms with Crippen LogP contribution in [-0.2, 0) is 28.3 Å². The minimum atomic E-state index is -0.286. The van der Waals surface area contributed by atoms with E-state index in [0.29, 0.717) is 6.42 Å². The molecule has 1 aromatic carbocycles. The van der Waals surface area contributed by atoms with Gasteiger partial charge in [0, 0.05) is 17.1 Å². The molecule has 0 saturated heterocycles. The second-order valence-electron chi connectivity index (χ2n) is 2.13. The zero-order valence-electron chi connectivity index (χ0n) is 5.93. The number of primary amides is 1. The van der Waals surface area contributed by atoms with Crippen molar-refractivity contribution in [2.45, 2.75) is 6.42 Å². The summed E-state index contributed by atoms with van der Waals surface area (Å²) in [5.41, 5.74) is 5.95. The van der Waals surface area contributed by atoms with Crippen LogP contribution in [0.4, 0.5) is 0 Å². The van der Waals surface area contributed by atoms with E-state index in [0.717, 1.165) is 5.56 Å². The van der Waals surface area contributed by atoms with Gasteiger partial charge in [0.25, 0.3) is 0 Å². The minimum Gasteiger partial charge on any atom is -0.369 e. The fourth-order valence-corrected chi connectivity index (χ4v) is 0.797. The quantitative estimate of drug-likeness (QED) is 0.687. The zero-order valence-corrected chi connectivity index (χ0v) is 7.04. The fourth-order valence-electron chi connectivity index (χ4n) is 0.797. The van der Waals surface area contributed by atoms with Crippen molar-refractivity contribution < 1.29 is 21.9 Å². The number of carbonyl (C=O) groups is 1. The van der Waals surface area contributed by atoms with E-state index < -0.39 is 0 Å². The first-order valence-corrected chi connectivity index (χ1v) is 3.11. The Kier molecular flexibility index (Phi) is 4.58. The third-order valence-electron chi connectivity index (χ3n) is 1.22. The normalized spacial score (nSPS) is 8.36. The van der Waals surface area contributed by atoms with Crippen LogP contribution in [0.5, 0.6) is 0 Å². The Hall–Kier alpha value is -0.791. The van der Waals surface area contributed by atoms with Crippen molar-refractivity contribution in [2.75, 3.05) is 0 Å². The molecule has 0 unspecified atom stereocenters. The van der Waals surface area contributed by atoms with Crippen LogP contribution in [-0.4, -0.2) is 5.91 Å². The molecule has 0 aliphatic carbocycles. The van der Waals surface area contributed by atoms with E-state index >= 15 is 0 Å². The summed E-state index contributed by atoms with van der Waals surface area (Å²) >= 11 is 0. The molecule has 0 spiro atoms. The van der Waals surface area contributed by atoms with E-state index in [-0.39, 0.29) is 23.0 Å². The Morgan fingerprint density at radius 2 is 1.82 bits per heavy atom. The summed E-state index contributed by atoms with van der Waals surface area (Å²) in [6, 6.07) is 9.44. The summed E-state index contributed by atoms with van der Waals surface area (Å²) < 4.78 is 0. The van der Waals surface area contributed by atoms with Gasteiger partial charge in [-0.05, 0) is 5.56 Å². The van der Waals surface area contributed by atoms with Crippen molar-refractivity contribution in [2.24, 2.45) is 5.73 Å². The van der Waals surface area contributed by atoms with E-state index in [1.54, 1.807) is 0 Å². The number of hydrogen-bond acceptors (Lipinski definition) is 1. The van der Waals surface area contributed by atoms with Crippen LogP contribution in [0.15, 0.2) is 30.3 Å². The van der Waals surface area contributed by atoms with Gasteiger partial charge in [-0.15, -0.1) is 0 Å². The van der Waals surface area contributed by atoms with Crippen LogP contribution in [0.3, 0.4) is 0 Å². The van der Waals surface area contributed by atoms with E-state index in [4.69, 9.17) is 5.73 Å². The molecular weight excluding hydrogens is 182 g/mol. The summed E-state index contributed by atoms with van der Waals surface area (Å²) in [6.07, 6.45) is 0.334. The Bertz CT molecular complexity index is 223. The molecule has 2 N–H and O–H groups in total. The Balaban J connectivity index is 0.000001000. The number of carbonyl (C=O) groups excluding carboxylic acids is 1. The molecule has 0 aromatic heterocycles. The second kappa shape index (κ2) is 4.94. The molecule has 0 aliphatic heterocycles. The first kappa shape index (κ1) is 10.2. The van der Waals surface area contributed by atoms with Crippen LogP contribution >= 0.6 is 0 Å². The number of benzene rings is 1. The van der Waals surface area contributed by atoms with Gasteiger partial charge >= 0.3 is 0 Å². The van der Waals surface area contributed by atoms with Gasteiger partial charge in [0.1, 0.15) is 0 Å². The van der Waals surface area contributed by atoms with Crippen molar-refractivity contribution in [3.05, 3.63) is 35.9 Å². The average Bonchev–Trinajstić information content (AvgIpc) is 1.88. The van der Waals surface area contributed by atoms with E-state index in [9.17, 15) is 4.79 Å². The predicted octanol–water partition coefficient (Wildman–Crippen LogP) is 0.712. The molecule has 0 aliphatic rings. The molecule has 0 atom stereocenters. The van der Waals surface area contributed by atoms with Crippen LogP contribution in [0.2, 0.25) is 0 Å². The van der Waals surface area contributed by atoms with E-state index in [1.807, 2.05) is 30.3 Å². The monoisotopic (exact) mass is 191 g/mol. The van der Waals surface area contributed by atoms with Crippen LogP contribution in [0.1, 0.15) is 5.56 Å². The van der Waals surface area contributed by atoms with Crippen LogP contribution < -0.4 is 5.73 Å². The van der Waals surface area contributed by atoms with Gasteiger partial charge in [-0.25, -0.2) is 0 Å². The first-order chi connectivity index (χ1) is 4.79. The minimum absolute atomic E-state index is 0. The summed E-state index contributed by atoms with van der Waals surface area (Å²) in [6.45, 7) is 0. The Morgan fingerprint density at radius 1 is 1.27 bits per heavy atom. The molecule has 0 radical (unpaired) electrons. The molecule has 1 rings (SSSR count). The first-order valence-electron chi connectivity index (χ1n) is 3.11. The largest absolute Gasteiger partial charge is 0.369 e. The van der Waals surface area contributed by atoms with Crippen molar-refractivity contribution in [3.63, 3.8) is 0 Å². The van der Waals surface area contributed by atoms with Crippen molar-refractivity contribution in [1.82, 2.24) is 0 Å². The van der Waals surface area contributed by atoms with Gasteiger partial charge < -0.3 is 5.73 Å². The van der Waals surface area contributed by atoms with Crippen LogP contribution in [0, 0.1) is 0 Å². The summed E-state index contributed by atoms with van der Waals surface area (Å²) in [5, 5.41) is 0. The van der Waals surface area contributed by atoms with E-state index in [2.05, 4.69) is 0 Å². The molecule has 60 valence electrons. The van der Waals surface area contributed by atoms with Crippen LogP contribution in [0.25, 0.3) is 0 Å². The maximum Gasteiger partial charge on any atom is 0.221 e. The van der Waals surface area contributed by atoms with Crippen molar-refractivity contribution in [1.29, 1.82) is 0 Å². The van der Waals surface area contributed by atoms with Gasteiger partial charge in [-0.2, -0.15) is 0 Å². The smallest absolute Gasteiger partial charge is 0.221 e. The molecule has 0 heterocycles. The molecule has 11 heavy (non-hydrogen) atoms. The molecule has 3 heteroatoms. The number of nitrogens with two attached hydrogens (primary N) is 1. The summed E-state index contributed by atoms with van der Waals surface area (Å²) in [5.74, 6) is -0.286. The molecule has 2 nitrogen and oxygen atoms in total. The van der Waals surface area contributed by atoms with Gasteiger partial charge in [0.05, 0.1) is 6.42 Å². The third-order valence-corrected chi connectivity index (χ3v) is 1.22. The Labute approximate surface area is 76.3 Å². The molecule has 0 fully saturated rings. The molecule has 1 aromatic rings. The zero-order chi connectivity index (χ0) is 7.40. The summed E-state index contributed by atoms with van der Waals surface area (Å²) in [7, 11) is 0. The molecular formula is C8H9FeNO. The number of amides is 1. The SMILES string of the molecule is NC(=O)Cc1ccccc1.[Fe]. The van der Waals surface area contributed by atoms with E-state index in [1.165, 1.54) is 0 Å². The van der Waals surface area contributed by atoms with Crippen molar-refractivity contribution in [3.8, 4) is 0 Å². The summed E-state index contributed by atoms with van der Waals surface area (Å²) in [4.78, 5) is 10.4. The van der Waals surface area contributed by atoms with Gasteiger partial charge in [-0.3, -0.25) is 4.79 Å². The number of rotatable bonds is 2.